The number of benzene rings is 1. The van der Waals surface area contributed by atoms with Crippen molar-refractivity contribution in [3.8, 4) is 0 Å². The molecule has 3 heterocycles. The second-order valence-electron chi connectivity index (χ2n) is 7.03. The number of aliphatic carboxylic acids is 1. The molecule has 11 heteroatoms. The van der Waals surface area contributed by atoms with Crippen LogP contribution in [0, 0.1) is 0 Å². The number of aromatic carboxylic acids is 1. The van der Waals surface area contributed by atoms with Crippen LogP contribution in [0.15, 0.2) is 30.3 Å². The fraction of sp³-hybridized carbons (Fsp3) is 0.200. The molecule has 31 heavy (non-hydrogen) atoms. The number of carboxylic acids is 2. The summed E-state index contributed by atoms with van der Waals surface area (Å²) in [5.41, 5.74) is 1.70. The summed E-state index contributed by atoms with van der Waals surface area (Å²) in [7, 11) is 0. The molecule has 1 aromatic carbocycles. The molecule has 0 saturated carbocycles. The Morgan fingerprint density at radius 2 is 1.94 bits per heavy atom. The standard InChI is InChI=1S/C20H18N4O6S/c25-16(13-5-9-3-1-2-4-12(9)23-13)22-7-10-6-11-14(8-21-10)31-18(15(11)19(27)28)24-17(26)20(29)30/h1-5,10,21,23H,6-8H2,(H,22,25)(H,24,26)(H,27,28)(H,29,30)/t10-/m0/s1. The molecule has 4 rings (SSSR count). The Balaban J connectivity index is 1.46. The number of carbonyl (C=O) groups excluding carboxylic acids is 2. The average molecular weight is 442 g/mol. The van der Waals surface area contributed by atoms with E-state index in [-0.39, 0.29) is 29.1 Å². The van der Waals surface area contributed by atoms with Crippen LogP contribution < -0.4 is 16.0 Å². The molecule has 2 amide bonds. The van der Waals surface area contributed by atoms with Gasteiger partial charge < -0.3 is 31.1 Å². The van der Waals surface area contributed by atoms with Crippen LogP contribution in [-0.2, 0) is 22.6 Å². The van der Waals surface area contributed by atoms with Crippen molar-refractivity contribution in [3.63, 3.8) is 0 Å². The number of carbonyl (C=O) groups is 4. The first-order valence-corrected chi connectivity index (χ1v) is 10.2. The summed E-state index contributed by atoms with van der Waals surface area (Å²) in [6.45, 7) is 0.607. The summed E-state index contributed by atoms with van der Waals surface area (Å²) in [6, 6.07) is 9.07. The molecule has 160 valence electrons. The molecule has 1 aliphatic rings. The Kier molecular flexibility index (Phi) is 5.44. The lowest BCUT2D eigenvalue weighted by Crippen LogP contribution is -2.44. The summed E-state index contributed by atoms with van der Waals surface area (Å²) < 4.78 is 0. The van der Waals surface area contributed by atoms with Crippen molar-refractivity contribution in [2.75, 3.05) is 11.9 Å². The van der Waals surface area contributed by atoms with Gasteiger partial charge in [-0.05, 0) is 24.1 Å². The van der Waals surface area contributed by atoms with Gasteiger partial charge >= 0.3 is 17.8 Å². The molecule has 0 unspecified atom stereocenters. The highest BCUT2D eigenvalue weighted by molar-refractivity contribution is 7.17. The van der Waals surface area contributed by atoms with E-state index >= 15 is 0 Å². The number of aromatic nitrogens is 1. The normalized spacial score (nSPS) is 15.3. The van der Waals surface area contributed by atoms with Crippen molar-refractivity contribution >= 4 is 51.0 Å². The quantitative estimate of drug-likeness (QED) is 0.326. The maximum atomic E-state index is 12.5. The Morgan fingerprint density at radius 3 is 2.65 bits per heavy atom. The Labute approximate surface area is 179 Å². The molecular weight excluding hydrogens is 424 g/mol. The number of hydrogen-bond donors (Lipinski definition) is 6. The number of hydrogen-bond acceptors (Lipinski definition) is 6. The maximum absolute atomic E-state index is 12.5. The highest BCUT2D eigenvalue weighted by atomic mass is 32.1. The number of thiophene rings is 1. The molecule has 3 aromatic rings. The van der Waals surface area contributed by atoms with E-state index in [4.69, 9.17) is 5.11 Å². The van der Waals surface area contributed by atoms with Gasteiger partial charge in [-0.15, -0.1) is 11.3 Å². The molecule has 0 fully saturated rings. The summed E-state index contributed by atoms with van der Waals surface area (Å²) in [5, 5.41) is 27.5. The second kappa shape index (κ2) is 8.20. The smallest absolute Gasteiger partial charge is 0.394 e. The number of amides is 2. The van der Waals surface area contributed by atoms with Gasteiger partial charge in [-0.2, -0.15) is 0 Å². The van der Waals surface area contributed by atoms with Crippen LogP contribution in [0.25, 0.3) is 10.9 Å². The highest BCUT2D eigenvalue weighted by Crippen LogP contribution is 2.36. The van der Waals surface area contributed by atoms with Gasteiger partial charge in [0, 0.05) is 34.9 Å². The zero-order valence-corrected chi connectivity index (χ0v) is 16.8. The number of aromatic amines is 1. The Hall–Kier alpha value is -3.70. The molecule has 1 aliphatic heterocycles. The molecule has 1 atom stereocenters. The first-order chi connectivity index (χ1) is 14.8. The monoisotopic (exact) mass is 442 g/mol. The van der Waals surface area contributed by atoms with Gasteiger partial charge in [-0.25, -0.2) is 9.59 Å². The summed E-state index contributed by atoms with van der Waals surface area (Å²) in [5.74, 6) is -4.52. The predicted molar refractivity (Wildman–Crippen MR) is 113 cm³/mol. The topological polar surface area (TPSA) is 161 Å². The summed E-state index contributed by atoms with van der Waals surface area (Å²) in [6.07, 6.45) is 0.309. The summed E-state index contributed by atoms with van der Waals surface area (Å²) in [4.78, 5) is 50.3. The van der Waals surface area contributed by atoms with Gasteiger partial charge in [0.1, 0.15) is 10.7 Å². The lowest BCUT2D eigenvalue weighted by molar-refractivity contribution is -0.147. The first kappa shape index (κ1) is 20.6. The van der Waals surface area contributed by atoms with E-state index in [1.807, 2.05) is 24.3 Å². The number of fused-ring (bicyclic) bond motifs is 2. The Morgan fingerprint density at radius 1 is 1.16 bits per heavy atom. The van der Waals surface area contributed by atoms with Crippen LogP contribution in [0.1, 0.15) is 31.3 Å². The van der Waals surface area contributed by atoms with E-state index in [0.717, 1.165) is 22.2 Å². The van der Waals surface area contributed by atoms with Gasteiger partial charge in [-0.3, -0.25) is 9.59 Å². The van der Waals surface area contributed by atoms with Crippen molar-refractivity contribution in [2.45, 2.75) is 19.0 Å². The summed E-state index contributed by atoms with van der Waals surface area (Å²) >= 11 is 1.03. The van der Waals surface area contributed by atoms with Gasteiger partial charge in [0.05, 0.1) is 5.56 Å². The minimum atomic E-state index is -1.70. The lowest BCUT2D eigenvalue weighted by Gasteiger charge is -2.24. The first-order valence-electron chi connectivity index (χ1n) is 9.35. The number of carboxylic acid groups (broad SMARTS) is 2. The van der Waals surface area contributed by atoms with Crippen molar-refractivity contribution in [2.24, 2.45) is 0 Å². The largest absolute Gasteiger partial charge is 0.478 e. The molecule has 0 spiro atoms. The molecular formula is C20H18N4O6S. The molecule has 0 radical (unpaired) electrons. The number of nitrogens with one attached hydrogen (secondary N) is 4. The third-order valence-corrected chi connectivity index (χ3v) is 6.16. The minimum Gasteiger partial charge on any atom is -0.478 e. The zero-order chi connectivity index (χ0) is 22.1. The number of rotatable bonds is 5. The van der Waals surface area contributed by atoms with Crippen LogP contribution in [0.4, 0.5) is 5.00 Å². The third-order valence-electron chi connectivity index (χ3n) is 5.01. The van der Waals surface area contributed by atoms with Gasteiger partial charge in [0.2, 0.25) is 0 Å². The van der Waals surface area contributed by atoms with E-state index in [0.29, 0.717) is 29.1 Å². The fourth-order valence-corrected chi connectivity index (χ4v) is 4.72. The molecule has 6 N–H and O–H groups in total. The highest BCUT2D eigenvalue weighted by Gasteiger charge is 2.30. The third kappa shape index (κ3) is 4.13. The van der Waals surface area contributed by atoms with Crippen LogP contribution in [0.3, 0.4) is 0 Å². The number of para-hydroxylation sites is 1. The maximum Gasteiger partial charge on any atom is 0.394 e. The van der Waals surface area contributed by atoms with Crippen molar-refractivity contribution in [1.82, 2.24) is 15.6 Å². The molecule has 10 nitrogen and oxygen atoms in total. The number of H-pyrrole nitrogens is 1. The van der Waals surface area contributed by atoms with Crippen molar-refractivity contribution < 1.29 is 29.4 Å². The Bertz CT molecular complexity index is 1180. The van der Waals surface area contributed by atoms with E-state index in [9.17, 15) is 24.3 Å². The van der Waals surface area contributed by atoms with Crippen LogP contribution >= 0.6 is 11.3 Å². The second-order valence-corrected chi connectivity index (χ2v) is 8.14. The SMILES string of the molecule is O=C(O)C(=O)Nc1sc2c(c1C(=O)O)C[C@@H](CNC(=O)c1cc3ccccc3[nH]1)NC2. The van der Waals surface area contributed by atoms with Crippen LogP contribution in [0.5, 0.6) is 0 Å². The van der Waals surface area contributed by atoms with Gasteiger partial charge in [0.25, 0.3) is 5.91 Å². The predicted octanol–water partition coefficient (Wildman–Crippen LogP) is 1.39. The van der Waals surface area contributed by atoms with Gasteiger partial charge in [0.15, 0.2) is 0 Å². The molecule has 0 aliphatic carbocycles. The van der Waals surface area contributed by atoms with E-state index in [1.165, 1.54) is 0 Å². The average Bonchev–Trinajstić information content (AvgIpc) is 3.32. The van der Waals surface area contributed by atoms with Crippen LogP contribution in [-0.4, -0.2) is 51.5 Å². The fourth-order valence-electron chi connectivity index (χ4n) is 3.55. The minimum absolute atomic E-state index is 0.00513. The number of anilines is 1. The van der Waals surface area contributed by atoms with E-state index < -0.39 is 17.8 Å². The van der Waals surface area contributed by atoms with Crippen molar-refractivity contribution in [1.29, 1.82) is 0 Å². The van der Waals surface area contributed by atoms with Gasteiger partial charge in [-0.1, -0.05) is 18.2 Å². The van der Waals surface area contributed by atoms with E-state index in [1.54, 1.807) is 6.07 Å². The molecule has 0 saturated heterocycles. The van der Waals surface area contributed by atoms with E-state index in [2.05, 4.69) is 20.9 Å². The lowest BCUT2D eigenvalue weighted by atomic mass is 9.98. The zero-order valence-electron chi connectivity index (χ0n) is 16.0. The van der Waals surface area contributed by atoms with Crippen molar-refractivity contribution in [3.05, 3.63) is 52.0 Å². The van der Waals surface area contributed by atoms with Crippen LogP contribution in [0.2, 0.25) is 0 Å². The molecule has 2 aromatic heterocycles. The molecule has 0 bridgehead atoms.